The van der Waals surface area contributed by atoms with Crippen molar-refractivity contribution in [3.63, 3.8) is 0 Å². The molecular weight excluding hydrogens is 780 g/mol. The summed E-state index contributed by atoms with van der Waals surface area (Å²) >= 11 is 0. The van der Waals surface area contributed by atoms with E-state index in [9.17, 15) is 14.4 Å². The first-order valence-electron chi connectivity index (χ1n) is 20.6. The van der Waals surface area contributed by atoms with Crippen LogP contribution in [0.3, 0.4) is 0 Å². The highest BCUT2D eigenvalue weighted by atomic mass is 31.1. The van der Waals surface area contributed by atoms with Crippen molar-refractivity contribution < 1.29 is 47.7 Å². The molecule has 330 valence electrons. The monoisotopic (exact) mass is 848 g/mol. The van der Waals surface area contributed by atoms with Crippen molar-refractivity contribution in [2.24, 2.45) is 0 Å². The standard InChI is InChI=1S/C43H55O9P.C3H8.C2H4.CH2O/c1-9-11-13-19-49-36-15-16-38(37(27-36)50-20-14-12-10-2)53(43(47)41-30(4)23-29(3)24-31(41)5)42-32(6)25-35(26-33(42)7)28-52-40(46)18-17-39(45)51-22-21-48-34(8)44;1-3-2;2*1-2/h15-18,23-27H,9-14,19-22,28H2,1-8H3;3H2,1-2H3;1-2H2;1H2/b18-17-;;;. The third-order valence-electron chi connectivity index (χ3n) is 8.43. The van der Waals surface area contributed by atoms with Crippen molar-refractivity contribution in [1.82, 2.24) is 0 Å². The molecule has 3 aromatic carbocycles. The van der Waals surface area contributed by atoms with Crippen LogP contribution in [0.5, 0.6) is 11.5 Å². The van der Waals surface area contributed by atoms with Gasteiger partial charge in [0.15, 0.2) is 5.52 Å². The average Bonchev–Trinajstić information content (AvgIpc) is 3.21. The van der Waals surface area contributed by atoms with E-state index in [4.69, 9.17) is 28.5 Å². The van der Waals surface area contributed by atoms with Crippen LogP contribution in [0.15, 0.2) is 67.8 Å². The molecule has 0 aliphatic rings. The zero-order chi connectivity index (χ0) is 45.6. The van der Waals surface area contributed by atoms with Gasteiger partial charge in [0.1, 0.15) is 38.1 Å². The number of carbonyl (C=O) groups is 5. The number of rotatable bonds is 21. The molecule has 0 amide bonds. The zero-order valence-electron chi connectivity index (χ0n) is 37.8. The summed E-state index contributed by atoms with van der Waals surface area (Å²) in [7, 11) is -1.62. The van der Waals surface area contributed by atoms with Crippen LogP contribution < -0.4 is 20.1 Å². The molecule has 0 aromatic heterocycles. The number of benzene rings is 3. The van der Waals surface area contributed by atoms with Crippen LogP contribution in [0.1, 0.15) is 123 Å². The summed E-state index contributed by atoms with van der Waals surface area (Å²) in [5, 5.41) is 1.75. The molecule has 60 heavy (non-hydrogen) atoms. The van der Waals surface area contributed by atoms with Crippen LogP contribution in [-0.2, 0) is 40.0 Å². The first-order chi connectivity index (χ1) is 28.8. The molecule has 0 aliphatic carbocycles. The second kappa shape index (κ2) is 31.8. The summed E-state index contributed by atoms with van der Waals surface area (Å²) in [6.07, 6.45) is 9.37. The van der Waals surface area contributed by atoms with E-state index in [1.54, 1.807) is 0 Å². The highest BCUT2D eigenvalue weighted by Crippen LogP contribution is 2.45. The lowest BCUT2D eigenvalue weighted by atomic mass is 10.0. The minimum absolute atomic E-state index is 0.0372. The molecule has 0 aliphatic heterocycles. The Labute approximate surface area is 360 Å². The molecule has 1 atom stereocenters. The molecule has 0 spiro atoms. The van der Waals surface area contributed by atoms with Crippen molar-refractivity contribution in [2.45, 2.75) is 121 Å². The first kappa shape index (κ1) is 54.9. The van der Waals surface area contributed by atoms with E-state index in [1.807, 2.05) is 71.7 Å². The van der Waals surface area contributed by atoms with Gasteiger partial charge in [-0.1, -0.05) is 89.6 Å². The van der Waals surface area contributed by atoms with Gasteiger partial charge >= 0.3 is 17.9 Å². The maximum Gasteiger partial charge on any atom is 0.331 e. The second-order valence-corrected chi connectivity index (χ2v) is 15.9. The van der Waals surface area contributed by atoms with E-state index in [2.05, 4.69) is 53.0 Å². The number of hydrogen-bond donors (Lipinski definition) is 0. The third kappa shape index (κ3) is 19.8. The van der Waals surface area contributed by atoms with Gasteiger partial charge in [-0.2, -0.15) is 0 Å². The third-order valence-corrected chi connectivity index (χ3v) is 11.1. The molecule has 1 unspecified atom stereocenters. The summed E-state index contributed by atoms with van der Waals surface area (Å²) in [6, 6.07) is 13.9. The average molecular weight is 849 g/mol. The Morgan fingerprint density at radius 3 is 1.65 bits per heavy atom. The summed E-state index contributed by atoms with van der Waals surface area (Å²) in [6.45, 7) is 28.7. The number of esters is 3. The lowest BCUT2D eigenvalue weighted by Crippen LogP contribution is -2.25. The van der Waals surface area contributed by atoms with Gasteiger partial charge < -0.3 is 28.5 Å². The van der Waals surface area contributed by atoms with E-state index in [-0.39, 0.29) is 25.3 Å². The van der Waals surface area contributed by atoms with Gasteiger partial charge in [-0.25, -0.2) is 9.59 Å². The fraction of sp³-hybridized carbons (Fsp3) is 0.449. The molecule has 0 N–H and O–H groups in total. The van der Waals surface area contributed by atoms with Gasteiger partial charge in [0.05, 0.1) is 13.2 Å². The lowest BCUT2D eigenvalue weighted by molar-refractivity contribution is -0.148. The smallest absolute Gasteiger partial charge is 0.331 e. The van der Waals surface area contributed by atoms with Gasteiger partial charge in [-0.05, 0) is 92.7 Å². The molecule has 3 rings (SSSR count). The Balaban J connectivity index is 0.00000468. The molecule has 0 saturated heterocycles. The van der Waals surface area contributed by atoms with Crippen molar-refractivity contribution in [3.05, 3.63) is 107 Å². The van der Waals surface area contributed by atoms with E-state index in [0.717, 1.165) is 100 Å². The maximum atomic E-state index is 15.0. The van der Waals surface area contributed by atoms with Crippen LogP contribution >= 0.6 is 7.92 Å². The van der Waals surface area contributed by atoms with E-state index >= 15 is 4.79 Å². The number of aryl methyl sites for hydroxylation is 5. The Hall–Kier alpha value is -5.08. The van der Waals surface area contributed by atoms with Gasteiger partial charge in [0, 0.05) is 43.9 Å². The van der Waals surface area contributed by atoms with Gasteiger partial charge in [-0.3, -0.25) is 9.59 Å². The van der Waals surface area contributed by atoms with Gasteiger partial charge in [-0.15, -0.1) is 13.2 Å². The SMILES string of the molecule is C=C.C=O.CCC.CCCCCOc1ccc(P(C(=O)c2c(C)cc(C)cc2C)c2c(C)cc(COC(=O)/C=C\C(=O)OCCOC(C)=O)cc2C)c(OCCCCC)c1. The van der Waals surface area contributed by atoms with Crippen LogP contribution in [0.25, 0.3) is 0 Å². The summed E-state index contributed by atoms with van der Waals surface area (Å²) in [4.78, 5) is 58.2. The van der Waals surface area contributed by atoms with Crippen molar-refractivity contribution in [2.75, 3.05) is 26.4 Å². The molecule has 3 aromatic rings. The minimum Gasteiger partial charge on any atom is -0.493 e. The Morgan fingerprint density at radius 1 is 0.633 bits per heavy atom. The Morgan fingerprint density at radius 2 is 1.13 bits per heavy atom. The van der Waals surface area contributed by atoms with E-state index in [0.29, 0.717) is 24.5 Å². The van der Waals surface area contributed by atoms with E-state index in [1.165, 1.54) is 13.3 Å². The molecular formula is C49H69O10P. The largest absolute Gasteiger partial charge is 0.493 e. The Kier molecular flexibility index (Phi) is 29.1. The molecule has 0 bridgehead atoms. The Bertz CT molecular complexity index is 1770. The highest BCUT2D eigenvalue weighted by molar-refractivity contribution is 7.88. The minimum atomic E-state index is -1.62. The topological polar surface area (TPSA) is 132 Å². The lowest BCUT2D eigenvalue weighted by Gasteiger charge is -2.26. The van der Waals surface area contributed by atoms with Crippen molar-refractivity contribution in [1.29, 1.82) is 0 Å². The number of unbranched alkanes of at least 4 members (excludes halogenated alkanes) is 4. The fourth-order valence-corrected chi connectivity index (χ4v) is 8.76. The molecule has 0 radical (unpaired) electrons. The van der Waals surface area contributed by atoms with Crippen LogP contribution in [0.4, 0.5) is 0 Å². The first-order valence-corrected chi connectivity index (χ1v) is 22.0. The summed E-state index contributed by atoms with van der Waals surface area (Å²) < 4.78 is 27.7. The van der Waals surface area contributed by atoms with Gasteiger partial charge in [0.2, 0.25) is 0 Å². The van der Waals surface area contributed by atoms with Crippen LogP contribution in [0, 0.1) is 34.6 Å². The summed E-state index contributed by atoms with van der Waals surface area (Å²) in [5.74, 6) is -0.579. The molecule has 0 fully saturated rings. The molecule has 0 saturated carbocycles. The predicted molar refractivity (Wildman–Crippen MR) is 244 cm³/mol. The van der Waals surface area contributed by atoms with Crippen LogP contribution in [0.2, 0.25) is 0 Å². The predicted octanol–water partition coefficient (Wildman–Crippen LogP) is 10.4. The highest BCUT2D eigenvalue weighted by Gasteiger charge is 2.32. The zero-order valence-corrected chi connectivity index (χ0v) is 38.7. The maximum absolute atomic E-state index is 15.0. The van der Waals surface area contributed by atoms with Gasteiger partial charge in [0.25, 0.3) is 0 Å². The van der Waals surface area contributed by atoms with E-state index < -0.39 is 25.8 Å². The van der Waals surface area contributed by atoms with Crippen molar-refractivity contribution >= 4 is 48.8 Å². The molecule has 0 heterocycles. The number of carbonyl (C=O) groups excluding carboxylic acids is 5. The second-order valence-electron chi connectivity index (χ2n) is 13.9. The number of hydrogen-bond acceptors (Lipinski definition) is 10. The summed E-state index contributed by atoms with van der Waals surface area (Å²) in [5.41, 5.74) is 6.24. The molecule has 10 nitrogen and oxygen atoms in total. The molecule has 11 heteroatoms. The fourth-order valence-electron chi connectivity index (χ4n) is 6.12. The van der Waals surface area contributed by atoms with Crippen molar-refractivity contribution in [3.8, 4) is 11.5 Å². The quantitative estimate of drug-likeness (QED) is 0.0255. The number of ether oxygens (including phenoxy) is 5. The normalized spacial score (nSPS) is 10.7. The van der Waals surface area contributed by atoms with Crippen LogP contribution in [-0.4, -0.2) is 56.6 Å².